The van der Waals surface area contributed by atoms with Crippen LogP contribution in [0.1, 0.15) is 15.9 Å². The molecule has 2 fully saturated rings. The van der Waals surface area contributed by atoms with Crippen molar-refractivity contribution < 1.29 is 19.2 Å². The van der Waals surface area contributed by atoms with Gasteiger partial charge in [-0.1, -0.05) is 12.1 Å². The first-order valence-electron chi connectivity index (χ1n) is 11.3. The Balaban J connectivity index is 1.39. The van der Waals surface area contributed by atoms with Crippen molar-refractivity contribution in [3.8, 4) is 5.75 Å². The van der Waals surface area contributed by atoms with E-state index < -0.39 is 4.92 Å². The Morgan fingerprint density at radius 3 is 2.36 bits per heavy atom. The molecule has 2 aliphatic heterocycles. The summed E-state index contributed by atoms with van der Waals surface area (Å²) in [5, 5.41) is 11.3. The molecule has 0 radical (unpaired) electrons. The lowest BCUT2D eigenvalue weighted by Gasteiger charge is -2.36. The molecule has 2 heterocycles. The predicted octanol–water partition coefficient (Wildman–Crippen LogP) is 2.44. The summed E-state index contributed by atoms with van der Waals surface area (Å²) in [7, 11) is 1.66. The zero-order chi connectivity index (χ0) is 23.2. The average molecular weight is 455 g/mol. The topological polar surface area (TPSA) is 88.4 Å². The molecule has 0 unspecified atom stereocenters. The minimum Gasteiger partial charge on any atom is -0.497 e. The van der Waals surface area contributed by atoms with Crippen LogP contribution in [0.5, 0.6) is 5.75 Å². The molecule has 2 aromatic carbocycles. The molecule has 0 atom stereocenters. The molecule has 9 heteroatoms. The van der Waals surface area contributed by atoms with E-state index in [0.29, 0.717) is 45.0 Å². The Bertz CT molecular complexity index is 967. The second kappa shape index (κ2) is 10.6. The summed E-state index contributed by atoms with van der Waals surface area (Å²) in [4.78, 5) is 30.5. The van der Waals surface area contributed by atoms with Crippen LogP contribution in [-0.2, 0) is 11.2 Å². The third-order valence-corrected chi connectivity index (χ3v) is 6.31. The molecule has 176 valence electrons. The summed E-state index contributed by atoms with van der Waals surface area (Å²) < 4.78 is 10.6. The first-order chi connectivity index (χ1) is 16.0. The van der Waals surface area contributed by atoms with E-state index in [1.54, 1.807) is 13.2 Å². The highest BCUT2D eigenvalue weighted by molar-refractivity contribution is 6.00. The van der Waals surface area contributed by atoms with Gasteiger partial charge in [-0.15, -0.1) is 0 Å². The van der Waals surface area contributed by atoms with Gasteiger partial charge >= 0.3 is 0 Å². The SMILES string of the molecule is COc1ccc(CCN2CCN(C(=O)c3cc([N+](=O)[O-])ccc3N3CCOCC3)CC2)cc1. The van der Waals surface area contributed by atoms with Crippen LogP contribution in [0.15, 0.2) is 42.5 Å². The van der Waals surface area contributed by atoms with Gasteiger partial charge in [0.15, 0.2) is 0 Å². The Labute approximate surface area is 193 Å². The molecule has 2 saturated heterocycles. The highest BCUT2D eigenvalue weighted by Gasteiger charge is 2.27. The van der Waals surface area contributed by atoms with Crippen LogP contribution in [0.2, 0.25) is 0 Å². The molecule has 0 spiro atoms. The number of amides is 1. The lowest BCUT2D eigenvalue weighted by Crippen LogP contribution is -2.49. The fourth-order valence-electron chi connectivity index (χ4n) is 4.31. The Morgan fingerprint density at radius 1 is 1.03 bits per heavy atom. The number of non-ortho nitro benzene ring substituents is 1. The Hall–Kier alpha value is -3.17. The van der Waals surface area contributed by atoms with Crippen LogP contribution >= 0.6 is 0 Å². The minimum absolute atomic E-state index is 0.0616. The van der Waals surface area contributed by atoms with Crippen LogP contribution < -0.4 is 9.64 Å². The Morgan fingerprint density at radius 2 is 1.73 bits per heavy atom. The summed E-state index contributed by atoms with van der Waals surface area (Å²) in [6.45, 7) is 6.18. The molecule has 0 bridgehead atoms. The number of nitrogens with zero attached hydrogens (tertiary/aromatic N) is 4. The summed E-state index contributed by atoms with van der Waals surface area (Å²) >= 11 is 0. The third-order valence-electron chi connectivity index (χ3n) is 6.31. The minimum atomic E-state index is -0.447. The van der Waals surface area contributed by atoms with Gasteiger partial charge in [0, 0.05) is 57.9 Å². The van der Waals surface area contributed by atoms with Crippen molar-refractivity contribution in [1.29, 1.82) is 0 Å². The van der Waals surface area contributed by atoms with Gasteiger partial charge in [-0.3, -0.25) is 19.8 Å². The number of rotatable bonds is 7. The number of benzene rings is 2. The van der Waals surface area contributed by atoms with Gasteiger partial charge in [0.2, 0.25) is 0 Å². The normalized spacial score (nSPS) is 17.1. The van der Waals surface area contributed by atoms with Gasteiger partial charge in [-0.2, -0.15) is 0 Å². The number of hydrogen-bond donors (Lipinski definition) is 0. The van der Waals surface area contributed by atoms with Crippen molar-refractivity contribution >= 4 is 17.3 Å². The second-order valence-electron chi connectivity index (χ2n) is 8.29. The van der Waals surface area contributed by atoms with Gasteiger partial charge in [-0.25, -0.2) is 0 Å². The highest BCUT2D eigenvalue weighted by atomic mass is 16.6. The molecule has 1 amide bonds. The lowest BCUT2D eigenvalue weighted by atomic mass is 10.1. The van der Waals surface area contributed by atoms with Crippen molar-refractivity contribution in [1.82, 2.24) is 9.80 Å². The van der Waals surface area contributed by atoms with Gasteiger partial charge in [-0.05, 0) is 30.2 Å². The summed E-state index contributed by atoms with van der Waals surface area (Å²) in [5.41, 5.74) is 2.34. The van der Waals surface area contributed by atoms with E-state index in [4.69, 9.17) is 9.47 Å². The number of carbonyl (C=O) groups excluding carboxylic acids is 1. The molecule has 0 aliphatic carbocycles. The maximum Gasteiger partial charge on any atom is 0.270 e. The predicted molar refractivity (Wildman–Crippen MR) is 125 cm³/mol. The molecule has 9 nitrogen and oxygen atoms in total. The van der Waals surface area contributed by atoms with E-state index in [0.717, 1.165) is 37.5 Å². The van der Waals surface area contributed by atoms with Gasteiger partial charge < -0.3 is 19.3 Å². The first kappa shape index (κ1) is 23.0. The second-order valence-corrected chi connectivity index (χ2v) is 8.29. The fraction of sp³-hybridized carbons (Fsp3) is 0.458. The smallest absolute Gasteiger partial charge is 0.270 e. The number of nitro groups is 1. The summed E-state index contributed by atoms with van der Waals surface area (Å²) in [6, 6.07) is 12.7. The molecule has 2 aliphatic rings. The van der Waals surface area contributed by atoms with Crippen LogP contribution in [0.3, 0.4) is 0 Å². The zero-order valence-corrected chi connectivity index (χ0v) is 18.9. The number of piperazine rings is 1. The number of carbonyl (C=O) groups is 1. The highest BCUT2D eigenvalue weighted by Crippen LogP contribution is 2.28. The van der Waals surface area contributed by atoms with Crippen molar-refractivity contribution in [3.05, 3.63) is 63.7 Å². The number of ether oxygens (including phenoxy) is 2. The molecule has 4 rings (SSSR count). The monoisotopic (exact) mass is 454 g/mol. The largest absolute Gasteiger partial charge is 0.497 e. The number of anilines is 1. The van der Waals surface area contributed by atoms with E-state index in [1.807, 2.05) is 17.0 Å². The van der Waals surface area contributed by atoms with Crippen molar-refractivity contribution in [2.24, 2.45) is 0 Å². The van der Waals surface area contributed by atoms with Gasteiger partial charge in [0.1, 0.15) is 5.75 Å². The number of methoxy groups -OCH3 is 1. The van der Waals surface area contributed by atoms with E-state index in [2.05, 4.69) is 21.9 Å². The van der Waals surface area contributed by atoms with Crippen molar-refractivity contribution in [2.45, 2.75) is 6.42 Å². The number of nitro benzene ring substituents is 1. The fourth-order valence-corrected chi connectivity index (χ4v) is 4.31. The Kier molecular flexibility index (Phi) is 7.41. The summed E-state index contributed by atoms with van der Waals surface area (Å²) in [6.07, 6.45) is 0.935. The van der Waals surface area contributed by atoms with Gasteiger partial charge in [0.25, 0.3) is 11.6 Å². The molecular formula is C24H30N4O5. The summed E-state index contributed by atoms with van der Waals surface area (Å²) in [5.74, 6) is 0.707. The van der Waals surface area contributed by atoms with E-state index >= 15 is 0 Å². The first-order valence-corrected chi connectivity index (χ1v) is 11.3. The number of hydrogen-bond acceptors (Lipinski definition) is 7. The quantitative estimate of drug-likeness (QED) is 0.469. The molecule has 0 saturated carbocycles. The van der Waals surface area contributed by atoms with Crippen LogP contribution in [0.4, 0.5) is 11.4 Å². The molecule has 33 heavy (non-hydrogen) atoms. The molecule has 0 aromatic heterocycles. The molecular weight excluding hydrogens is 424 g/mol. The average Bonchev–Trinajstić information content (AvgIpc) is 2.87. The van der Waals surface area contributed by atoms with E-state index in [1.165, 1.54) is 17.7 Å². The third kappa shape index (κ3) is 5.61. The zero-order valence-electron chi connectivity index (χ0n) is 18.9. The lowest BCUT2D eigenvalue weighted by molar-refractivity contribution is -0.384. The maximum atomic E-state index is 13.4. The molecule has 2 aromatic rings. The van der Waals surface area contributed by atoms with E-state index in [-0.39, 0.29) is 11.6 Å². The van der Waals surface area contributed by atoms with Gasteiger partial charge in [0.05, 0.1) is 36.5 Å². The van der Waals surface area contributed by atoms with Crippen LogP contribution in [-0.4, -0.2) is 86.8 Å². The van der Waals surface area contributed by atoms with Crippen LogP contribution in [0, 0.1) is 10.1 Å². The molecule has 0 N–H and O–H groups in total. The van der Waals surface area contributed by atoms with Crippen molar-refractivity contribution in [3.63, 3.8) is 0 Å². The maximum absolute atomic E-state index is 13.4. The van der Waals surface area contributed by atoms with Crippen LogP contribution in [0.25, 0.3) is 0 Å². The standard InChI is InChI=1S/C24H30N4O5/c1-32-21-5-2-19(3-6-21)8-9-25-10-12-27(13-11-25)24(29)22-18-20(28(30)31)4-7-23(22)26-14-16-33-17-15-26/h2-7,18H,8-17H2,1H3. The number of morpholine rings is 1. The van der Waals surface area contributed by atoms with E-state index in [9.17, 15) is 14.9 Å². The van der Waals surface area contributed by atoms with Crippen molar-refractivity contribution in [2.75, 3.05) is 71.0 Å².